The minimum absolute atomic E-state index is 0.143. The number of rotatable bonds is 5. The number of benzene rings is 1. The number of halogens is 4. The highest BCUT2D eigenvalue weighted by molar-refractivity contribution is 5.64. The number of hydrogen-bond acceptors (Lipinski definition) is 2. The van der Waals surface area contributed by atoms with E-state index in [4.69, 9.17) is 5.11 Å². The van der Waals surface area contributed by atoms with Gasteiger partial charge in [0.15, 0.2) is 0 Å². The summed E-state index contributed by atoms with van der Waals surface area (Å²) in [4.78, 5) is 10.3. The molecule has 1 fully saturated rings. The second-order valence-electron chi connectivity index (χ2n) is 4.93. The number of nitrogens with one attached hydrogen (secondary N) is 2. The Hall–Kier alpha value is -1.83. The molecule has 0 bridgehead atoms. The third-order valence-corrected chi connectivity index (χ3v) is 3.44. The van der Waals surface area contributed by atoms with Crippen molar-refractivity contribution in [2.75, 3.05) is 13.1 Å². The van der Waals surface area contributed by atoms with Crippen LogP contribution in [0.1, 0.15) is 24.0 Å². The Labute approximate surface area is 118 Å². The van der Waals surface area contributed by atoms with Gasteiger partial charge in [-0.05, 0) is 30.5 Å². The molecule has 1 aliphatic rings. The number of carbonyl (C=O) groups is 1. The van der Waals surface area contributed by atoms with E-state index in [2.05, 4.69) is 10.6 Å². The second-order valence-corrected chi connectivity index (χ2v) is 4.93. The average Bonchev–Trinajstić information content (AvgIpc) is 3.15. The number of amides is 1. The number of hydrogen-bond donors (Lipinski definition) is 3. The predicted molar refractivity (Wildman–Crippen MR) is 66.3 cm³/mol. The third kappa shape index (κ3) is 3.63. The molecule has 3 N–H and O–H groups in total. The maximum Gasteiger partial charge on any atom is 0.419 e. The van der Waals surface area contributed by atoms with E-state index < -0.39 is 29.2 Å². The molecular formula is C13H14F4N2O2. The molecule has 0 saturated heterocycles. The van der Waals surface area contributed by atoms with Gasteiger partial charge < -0.3 is 15.7 Å². The molecule has 21 heavy (non-hydrogen) atoms. The summed E-state index contributed by atoms with van der Waals surface area (Å²) in [5.74, 6) is -1.30. The Kier molecular flexibility index (Phi) is 4.08. The van der Waals surface area contributed by atoms with E-state index in [9.17, 15) is 22.4 Å². The van der Waals surface area contributed by atoms with Crippen LogP contribution in [0.2, 0.25) is 0 Å². The molecule has 1 amide bonds. The lowest BCUT2D eigenvalue weighted by Gasteiger charge is -2.19. The Balaban J connectivity index is 2.09. The van der Waals surface area contributed by atoms with Crippen molar-refractivity contribution in [1.29, 1.82) is 0 Å². The molecule has 0 atom stereocenters. The highest BCUT2D eigenvalue weighted by Crippen LogP contribution is 2.46. The van der Waals surface area contributed by atoms with Gasteiger partial charge in [-0.1, -0.05) is 6.07 Å². The first-order valence-electron chi connectivity index (χ1n) is 6.34. The summed E-state index contributed by atoms with van der Waals surface area (Å²) >= 11 is 0. The van der Waals surface area contributed by atoms with Crippen LogP contribution >= 0.6 is 0 Å². The fourth-order valence-corrected chi connectivity index (χ4v) is 2.20. The van der Waals surface area contributed by atoms with Crippen LogP contribution in [-0.4, -0.2) is 24.3 Å². The van der Waals surface area contributed by atoms with E-state index in [-0.39, 0.29) is 13.1 Å². The zero-order valence-electron chi connectivity index (χ0n) is 10.9. The van der Waals surface area contributed by atoms with Crippen LogP contribution in [0.25, 0.3) is 0 Å². The SMILES string of the molecule is O=C(O)NCCNC1(c2ccc(F)c(C(F)(F)F)c2)CC1. The van der Waals surface area contributed by atoms with Crippen LogP contribution in [0.4, 0.5) is 22.4 Å². The van der Waals surface area contributed by atoms with Gasteiger partial charge in [-0.2, -0.15) is 13.2 Å². The van der Waals surface area contributed by atoms with Crippen molar-refractivity contribution >= 4 is 6.09 Å². The van der Waals surface area contributed by atoms with Crippen LogP contribution in [-0.2, 0) is 11.7 Å². The molecule has 2 rings (SSSR count). The Bertz CT molecular complexity index is 541. The number of alkyl halides is 3. The lowest BCUT2D eigenvalue weighted by molar-refractivity contribution is -0.140. The van der Waals surface area contributed by atoms with E-state index >= 15 is 0 Å². The highest BCUT2D eigenvalue weighted by Gasteiger charge is 2.45. The van der Waals surface area contributed by atoms with Crippen molar-refractivity contribution < 1.29 is 27.5 Å². The second kappa shape index (κ2) is 5.51. The number of carboxylic acid groups (broad SMARTS) is 1. The first-order valence-corrected chi connectivity index (χ1v) is 6.34. The fourth-order valence-electron chi connectivity index (χ4n) is 2.20. The predicted octanol–water partition coefficient (Wildman–Crippen LogP) is 2.69. The first kappa shape index (κ1) is 15.6. The van der Waals surface area contributed by atoms with Gasteiger partial charge in [0, 0.05) is 18.6 Å². The monoisotopic (exact) mass is 306 g/mol. The molecular weight excluding hydrogens is 292 g/mol. The van der Waals surface area contributed by atoms with Crippen molar-refractivity contribution in [3.63, 3.8) is 0 Å². The first-order chi connectivity index (χ1) is 9.74. The molecule has 0 radical (unpaired) electrons. The summed E-state index contributed by atoms with van der Waals surface area (Å²) in [6.07, 6.45) is -4.64. The molecule has 0 unspecified atom stereocenters. The van der Waals surface area contributed by atoms with E-state index in [1.54, 1.807) is 0 Å². The normalized spacial score (nSPS) is 16.6. The largest absolute Gasteiger partial charge is 0.465 e. The van der Waals surface area contributed by atoms with Crippen molar-refractivity contribution in [1.82, 2.24) is 10.6 Å². The molecule has 1 saturated carbocycles. The van der Waals surface area contributed by atoms with Crippen LogP contribution in [0.3, 0.4) is 0 Å². The molecule has 1 aromatic carbocycles. The highest BCUT2D eigenvalue weighted by atomic mass is 19.4. The summed E-state index contributed by atoms with van der Waals surface area (Å²) in [5.41, 5.74) is -1.53. The third-order valence-electron chi connectivity index (χ3n) is 3.44. The lowest BCUT2D eigenvalue weighted by atomic mass is 10.0. The molecule has 0 spiro atoms. The van der Waals surface area contributed by atoms with E-state index in [1.165, 1.54) is 6.07 Å². The van der Waals surface area contributed by atoms with E-state index in [1.807, 2.05) is 0 Å². The zero-order valence-corrected chi connectivity index (χ0v) is 10.9. The van der Waals surface area contributed by atoms with Crippen molar-refractivity contribution in [3.8, 4) is 0 Å². The topological polar surface area (TPSA) is 61.4 Å². The summed E-state index contributed by atoms with van der Waals surface area (Å²) in [6, 6.07) is 2.96. The Morgan fingerprint density at radius 3 is 2.48 bits per heavy atom. The molecule has 1 aromatic rings. The molecule has 1 aliphatic carbocycles. The van der Waals surface area contributed by atoms with Crippen LogP contribution in [0.15, 0.2) is 18.2 Å². The van der Waals surface area contributed by atoms with Gasteiger partial charge in [-0.15, -0.1) is 0 Å². The van der Waals surface area contributed by atoms with Gasteiger partial charge in [-0.3, -0.25) is 0 Å². The molecule has 4 nitrogen and oxygen atoms in total. The van der Waals surface area contributed by atoms with Gasteiger partial charge in [-0.25, -0.2) is 9.18 Å². The van der Waals surface area contributed by atoms with Gasteiger partial charge in [0.05, 0.1) is 5.56 Å². The summed E-state index contributed by atoms with van der Waals surface area (Å²) < 4.78 is 51.3. The zero-order chi connectivity index (χ0) is 15.7. The van der Waals surface area contributed by atoms with Gasteiger partial charge in [0.1, 0.15) is 5.82 Å². The minimum Gasteiger partial charge on any atom is -0.465 e. The average molecular weight is 306 g/mol. The fraction of sp³-hybridized carbons (Fsp3) is 0.462. The van der Waals surface area contributed by atoms with Crippen LogP contribution in [0, 0.1) is 5.82 Å². The van der Waals surface area contributed by atoms with E-state index in [0.29, 0.717) is 18.4 Å². The van der Waals surface area contributed by atoms with E-state index in [0.717, 1.165) is 12.1 Å². The summed E-state index contributed by atoms with van der Waals surface area (Å²) in [5, 5.41) is 13.6. The van der Waals surface area contributed by atoms with Crippen LogP contribution < -0.4 is 10.6 Å². The molecule has 0 heterocycles. The van der Waals surface area contributed by atoms with Gasteiger partial charge in [0.25, 0.3) is 0 Å². The van der Waals surface area contributed by atoms with Crippen molar-refractivity contribution in [3.05, 3.63) is 35.1 Å². The van der Waals surface area contributed by atoms with Crippen molar-refractivity contribution in [2.45, 2.75) is 24.6 Å². The molecule has 0 aliphatic heterocycles. The summed E-state index contributed by atoms with van der Waals surface area (Å²) in [6.45, 7) is 0.426. The maximum atomic E-state index is 13.3. The standard InChI is InChI=1S/C13H14F4N2O2/c14-10-2-1-8(7-9(10)13(15,16)17)12(3-4-12)19-6-5-18-11(20)21/h1-2,7,18-19H,3-6H2,(H,20,21). The van der Waals surface area contributed by atoms with Crippen molar-refractivity contribution in [2.24, 2.45) is 0 Å². The smallest absolute Gasteiger partial charge is 0.419 e. The summed E-state index contributed by atoms with van der Waals surface area (Å²) in [7, 11) is 0. The Morgan fingerprint density at radius 2 is 1.95 bits per heavy atom. The molecule has 0 aromatic heterocycles. The van der Waals surface area contributed by atoms with Gasteiger partial charge in [0.2, 0.25) is 0 Å². The quantitative estimate of drug-likeness (QED) is 0.579. The lowest BCUT2D eigenvalue weighted by Crippen LogP contribution is -2.36. The minimum atomic E-state index is -4.74. The molecule has 116 valence electrons. The maximum absolute atomic E-state index is 13.3. The molecule has 8 heteroatoms. The van der Waals surface area contributed by atoms with Gasteiger partial charge >= 0.3 is 12.3 Å². The van der Waals surface area contributed by atoms with Crippen LogP contribution in [0.5, 0.6) is 0 Å². The Morgan fingerprint density at radius 1 is 1.29 bits per heavy atom.